The number of methoxy groups -OCH3 is 1. The summed E-state index contributed by atoms with van der Waals surface area (Å²) in [6.45, 7) is 6.99. The molecule has 25 heavy (non-hydrogen) atoms. The topological polar surface area (TPSA) is 66.8 Å². The molecule has 1 aromatic rings. The molecule has 0 spiro atoms. The van der Waals surface area contributed by atoms with E-state index in [1.165, 1.54) is 7.11 Å². The molecule has 1 saturated heterocycles. The number of nitrogens with one attached hydrogen (secondary N) is 1. The van der Waals surface area contributed by atoms with Crippen molar-refractivity contribution in [1.82, 2.24) is 15.2 Å². The van der Waals surface area contributed by atoms with Gasteiger partial charge in [-0.1, -0.05) is 24.6 Å². The first-order chi connectivity index (χ1) is 11.5. The fourth-order valence-corrected chi connectivity index (χ4v) is 2.98. The van der Waals surface area contributed by atoms with Crippen LogP contribution < -0.4 is 5.32 Å². The van der Waals surface area contributed by atoms with Crippen molar-refractivity contribution in [3.05, 3.63) is 29.0 Å². The highest BCUT2D eigenvalue weighted by atomic mass is 127. The van der Waals surface area contributed by atoms with Crippen molar-refractivity contribution in [2.75, 3.05) is 33.3 Å². The van der Waals surface area contributed by atoms with Crippen LogP contribution in [0.25, 0.3) is 0 Å². The predicted molar refractivity (Wildman–Crippen MR) is 111 cm³/mol. The van der Waals surface area contributed by atoms with Crippen LogP contribution in [0.3, 0.4) is 0 Å². The standard InChI is InChI=1S/C17H25ClN4O2.HI/c1-4-19-17(20-8-7-13-5-6-15(18)21-9-13)22-10-12(2)14(11-22)16(23)24-3;/h5-6,9,12,14H,4,7-8,10-11H2,1-3H3,(H,19,20);1H. The monoisotopic (exact) mass is 480 g/mol. The van der Waals surface area contributed by atoms with Gasteiger partial charge in [-0.2, -0.15) is 0 Å². The lowest BCUT2D eigenvalue weighted by atomic mass is 9.99. The Kier molecular flexibility index (Phi) is 9.48. The normalized spacial score (nSPS) is 20.2. The zero-order valence-electron chi connectivity index (χ0n) is 14.9. The minimum Gasteiger partial charge on any atom is -0.469 e. The van der Waals surface area contributed by atoms with Crippen LogP contribution in [0, 0.1) is 11.8 Å². The lowest BCUT2D eigenvalue weighted by molar-refractivity contribution is -0.145. The number of hydrogen-bond acceptors (Lipinski definition) is 4. The Morgan fingerprint density at radius 1 is 1.48 bits per heavy atom. The molecule has 1 aliphatic heterocycles. The molecule has 2 unspecified atom stereocenters. The summed E-state index contributed by atoms with van der Waals surface area (Å²) >= 11 is 5.80. The first-order valence-electron chi connectivity index (χ1n) is 8.26. The zero-order chi connectivity index (χ0) is 17.5. The van der Waals surface area contributed by atoms with Crippen LogP contribution in [0.15, 0.2) is 23.3 Å². The summed E-state index contributed by atoms with van der Waals surface area (Å²) in [4.78, 5) is 22.7. The Bertz CT molecular complexity index is 583. The fraction of sp³-hybridized carbons (Fsp3) is 0.588. The number of likely N-dealkylation sites (tertiary alicyclic amines) is 1. The van der Waals surface area contributed by atoms with Crippen LogP contribution in [-0.4, -0.2) is 55.1 Å². The molecule has 140 valence electrons. The summed E-state index contributed by atoms with van der Waals surface area (Å²) < 4.78 is 4.90. The maximum absolute atomic E-state index is 11.9. The lowest BCUT2D eigenvalue weighted by Gasteiger charge is -2.21. The number of halogens is 2. The molecule has 1 N–H and O–H groups in total. The third-order valence-corrected chi connectivity index (χ3v) is 4.42. The molecule has 2 atom stereocenters. The van der Waals surface area contributed by atoms with Gasteiger partial charge in [-0.05, 0) is 30.9 Å². The first kappa shape index (κ1) is 22.0. The van der Waals surface area contributed by atoms with Gasteiger partial charge < -0.3 is 15.0 Å². The van der Waals surface area contributed by atoms with E-state index in [-0.39, 0.29) is 41.8 Å². The van der Waals surface area contributed by atoms with E-state index in [9.17, 15) is 4.79 Å². The fourth-order valence-electron chi connectivity index (χ4n) is 2.87. The second-order valence-corrected chi connectivity index (χ2v) is 6.37. The molecule has 0 bridgehead atoms. The number of ether oxygens (including phenoxy) is 1. The maximum Gasteiger partial charge on any atom is 0.310 e. The SMILES string of the molecule is CCNC(=NCCc1ccc(Cl)nc1)N1CC(C)C(C(=O)OC)C1.I. The van der Waals surface area contributed by atoms with Crippen molar-refractivity contribution >= 4 is 47.5 Å². The summed E-state index contributed by atoms with van der Waals surface area (Å²) in [6, 6.07) is 3.75. The number of aliphatic imine (C=N–C) groups is 1. The Hall–Kier alpha value is -1.09. The lowest BCUT2D eigenvalue weighted by Crippen LogP contribution is -2.40. The molecular formula is C17H26ClIN4O2. The number of carbonyl (C=O) groups excluding carboxylic acids is 1. The Labute approximate surface area is 171 Å². The first-order valence-corrected chi connectivity index (χ1v) is 8.64. The van der Waals surface area contributed by atoms with E-state index >= 15 is 0 Å². The van der Waals surface area contributed by atoms with E-state index in [1.807, 2.05) is 13.0 Å². The number of carbonyl (C=O) groups is 1. The van der Waals surface area contributed by atoms with E-state index in [4.69, 9.17) is 16.3 Å². The van der Waals surface area contributed by atoms with Crippen LogP contribution in [0.2, 0.25) is 5.15 Å². The van der Waals surface area contributed by atoms with Gasteiger partial charge in [0.25, 0.3) is 0 Å². The zero-order valence-corrected chi connectivity index (χ0v) is 18.0. The summed E-state index contributed by atoms with van der Waals surface area (Å²) in [5, 5.41) is 3.80. The van der Waals surface area contributed by atoms with Gasteiger partial charge in [0, 0.05) is 32.4 Å². The molecule has 8 heteroatoms. The van der Waals surface area contributed by atoms with E-state index in [0.29, 0.717) is 18.2 Å². The molecule has 1 aliphatic rings. The van der Waals surface area contributed by atoms with Crippen molar-refractivity contribution in [1.29, 1.82) is 0 Å². The van der Waals surface area contributed by atoms with E-state index in [2.05, 4.69) is 27.1 Å². The highest BCUT2D eigenvalue weighted by Crippen LogP contribution is 2.24. The molecule has 1 aromatic heterocycles. The van der Waals surface area contributed by atoms with Gasteiger partial charge in [0.1, 0.15) is 5.15 Å². The van der Waals surface area contributed by atoms with Crippen LogP contribution in [0.4, 0.5) is 0 Å². The third-order valence-electron chi connectivity index (χ3n) is 4.20. The van der Waals surface area contributed by atoms with Crippen molar-refractivity contribution in [2.45, 2.75) is 20.3 Å². The number of guanidine groups is 1. The number of rotatable bonds is 5. The minimum absolute atomic E-state index is 0. The van der Waals surface area contributed by atoms with E-state index in [1.54, 1.807) is 12.3 Å². The largest absolute Gasteiger partial charge is 0.469 e. The van der Waals surface area contributed by atoms with Gasteiger partial charge in [-0.25, -0.2) is 4.98 Å². The minimum atomic E-state index is -0.145. The van der Waals surface area contributed by atoms with Crippen molar-refractivity contribution < 1.29 is 9.53 Å². The summed E-state index contributed by atoms with van der Waals surface area (Å²) in [7, 11) is 1.44. The second-order valence-electron chi connectivity index (χ2n) is 5.99. The number of hydrogen-bond donors (Lipinski definition) is 1. The Morgan fingerprint density at radius 2 is 2.24 bits per heavy atom. The summed E-state index contributed by atoms with van der Waals surface area (Å²) in [5.41, 5.74) is 1.10. The molecule has 6 nitrogen and oxygen atoms in total. The van der Waals surface area contributed by atoms with Crippen LogP contribution >= 0.6 is 35.6 Å². The average molecular weight is 481 g/mol. The number of nitrogens with zero attached hydrogens (tertiary/aromatic N) is 3. The molecule has 2 rings (SSSR count). The van der Waals surface area contributed by atoms with Gasteiger partial charge in [-0.3, -0.25) is 9.79 Å². The van der Waals surface area contributed by atoms with Crippen LogP contribution in [0.5, 0.6) is 0 Å². The van der Waals surface area contributed by atoms with Crippen LogP contribution in [0.1, 0.15) is 19.4 Å². The van der Waals surface area contributed by atoms with Crippen molar-refractivity contribution in [3.63, 3.8) is 0 Å². The second kappa shape index (κ2) is 10.8. The summed E-state index contributed by atoms with van der Waals surface area (Å²) in [6.07, 6.45) is 2.57. The molecular weight excluding hydrogens is 455 g/mol. The molecule has 0 radical (unpaired) electrons. The average Bonchev–Trinajstić information content (AvgIpc) is 2.97. The predicted octanol–water partition coefficient (Wildman–Crippen LogP) is 2.60. The van der Waals surface area contributed by atoms with E-state index in [0.717, 1.165) is 31.0 Å². The molecule has 0 saturated carbocycles. The number of pyridine rings is 1. The van der Waals surface area contributed by atoms with Gasteiger partial charge in [0.15, 0.2) is 5.96 Å². The Morgan fingerprint density at radius 3 is 2.84 bits per heavy atom. The van der Waals surface area contributed by atoms with Crippen LogP contribution in [-0.2, 0) is 16.0 Å². The molecule has 1 fully saturated rings. The third kappa shape index (κ3) is 6.29. The maximum atomic E-state index is 11.9. The number of aromatic nitrogens is 1. The summed E-state index contributed by atoms with van der Waals surface area (Å²) in [5.74, 6) is 0.854. The van der Waals surface area contributed by atoms with Gasteiger partial charge in [-0.15, -0.1) is 24.0 Å². The van der Waals surface area contributed by atoms with Gasteiger partial charge in [0.2, 0.25) is 0 Å². The molecule has 2 heterocycles. The number of esters is 1. The highest BCUT2D eigenvalue weighted by molar-refractivity contribution is 14.0. The highest BCUT2D eigenvalue weighted by Gasteiger charge is 2.36. The molecule has 0 amide bonds. The quantitative estimate of drug-likeness (QED) is 0.231. The van der Waals surface area contributed by atoms with Gasteiger partial charge >= 0.3 is 5.97 Å². The van der Waals surface area contributed by atoms with E-state index < -0.39 is 0 Å². The van der Waals surface area contributed by atoms with Gasteiger partial charge in [0.05, 0.1) is 13.0 Å². The molecule has 0 aliphatic carbocycles. The molecule has 0 aromatic carbocycles. The van der Waals surface area contributed by atoms with Crippen molar-refractivity contribution in [2.24, 2.45) is 16.8 Å². The smallest absolute Gasteiger partial charge is 0.310 e. The Balaban J connectivity index is 0.00000312. The van der Waals surface area contributed by atoms with Crippen molar-refractivity contribution in [3.8, 4) is 0 Å².